The van der Waals surface area contributed by atoms with E-state index in [1.165, 1.54) is 0 Å². The second-order valence-electron chi connectivity index (χ2n) is 6.35. The highest BCUT2D eigenvalue weighted by Crippen LogP contribution is 2.12. The number of hydrogen-bond acceptors (Lipinski definition) is 4. The lowest BCUT2D eigenvalue weighted by molar-refractivity contribution is -0.120. The number of aliphatic hydroxyl groups excluding tert-OH is 1. The molecule has 0 aromatic heterocycles. The first-order valence-corrected chi connectivity index (χ1v) is 7.08. The summed E-state index contributed by atoms with van der Waals surface area (Å²) in [6, 6.07) is 0.289. The number of piperidine rings is 1. The average molecular weight is 272 g/mol. The van der Waals surface area contributed by atoms with Gasteiger partial charge in [-0.15, -0.1) is 0 Å². The molecule has 1 saturated heterocycles. The molecule has 0 spiro atoms. The molecule has 1 fully saturated rings. The van der Waals surface area contributed by atoms with Crippen LogP contribution in [0.2, 0.25) is 0 Å². The minimum atomic E-state index is -0.448. The molecule has 1 unspecified atom stereocenters. The van der Waals surface area contributed by atoms with Gasteiger partial charge in [-0.2, -0.15) is 0 Å². The number of ether oxygens (including phenoxy) is 1. The SMILES string of the molecule is CC(=O)NC1CCN(CC(O)COC(C)(C)C)CC1. The van der Waals surface area contributed by atoms with E-state index >= 15 is 0 Å². The molecule has 2 N–H and O–H groups in total. The Morgan fingerprint density at radius 3 is 2.47 bits per heavy atom. The number of likely N-dealkylation sites (tertiary alicyclic amines) is 1. The van der Waals surface area contributed by atoms with Gasteiger partial charge < -0.3 is 20.1 Å². The van der Waals surface area contributed by atoms with E-state index in [1.54, 1.807) is 6.92 Å². The van der Waals surface area contributed by atoms with Gasteiger partial charge in [0.25, 0.3) is 0 Å². The number of nitrogens with zero attached hydrogens (tertiary/aromatic N) is 1. The standard InChI is InChI=1S/C14H28N2O3/c1-11(17)15-12-5-7-16(8-6-12)9-13(18)10-19-14(2,3)4/h12-13,18H,5-10H2,1-4H3,(H,15,17). The zero-order chi connectivity index (χ0) is 14.5. The summed E-state index contributed by atoms with van der Waals surface area (Å²) in [7, 11) is 0. The van der Waals surface area contributed by atoms with Crippen LogP contribution >= 0.6 is 0 Å². The predicted octanol–water partition coefficient (Wildman–Crippen LogP) is 0.763. The Labute approximate surface area is 116 Å². The normalized spacial score (nSPS) is 20.3. The smallest absolute Gasteiger partial charge is 0.217 e. The Hall–Kier alpha value is -0.650. The van der Waals surface area contributed by atoms with Gasteiger partial charge in [0.15, 0.2) is 0 Å². The van der Waals surface area contributed by atoms with E-state index in [1.807, 2.05) is 20.8 Å². The fraction of sp³-hybridized carbons (Fsp3) is 0.929. The summed E-state index contributed by atoms with van der Waals surface area (Å²) < 4.78 is 5.57. The maximum atomic E-state index is 11.0. The summed E-state index contributed by atoms with van der Waals surface area (Å²) in [5.74, 6) is 0.0389. The molecule has 1 aliphatic rings. The Morgan fingerprint density at radius 1 is 1.42 bits per heavy atom. The third-order valence-corrected chi connectivity index (χ3v) is 3.17. The van der Waals surface area contributed by atoms with Crippen LogP contribution in [0, 0.1) is 0 Å². The Kier molecular flexibility index (Phi) is 6.23. The van der Waals surface area contributed by atoms with Crippen molar-refractivity contribution in [2.75, 3.05) is 26.2 Å². The lowest BCUT2D eigenvalue weighted by Gasteiger charge is -2.33. The largest absolute Gasteiger partial charge is 0.389 e. The molecule has 0 radical (unpaired) electrons. The van der Waals surface area contributed by atoms with Crippen LogP contribution in [0.3, 0.4) is 0 Å². The Bertz CT molecular complexity index is 281. The molecular weight excluding hydrogens is 244 g/mol. The van der Waals surface area contributed by atoms with Gasteiger partial charge in [-0.1, -0.05) is 0 Å². The minimum Gasteiger partial charge on any atom is -0.389 e. The third kappa shape index (κ3) is 7.50. The van der Waals surface area contributed by atoms with Crippen molar-refractivity contribution in [2.45, 2.75) is 58.3 Å². The summed E-state index contributed by atoms with van der Waals surface area (Å²) >= 11 is 0. The van der Waals surface area contributed by atoms with Gasteiger partial charge in [0.05, 0.1) is 18.3 Å². The molecule has 0 aliphatic carbocycles. The van der Waals surface area contributed by atoms with E-state index in [9.17, 15) is 9.90 Å². The number of amides is 1. The van der Waals surface area contributed by atoms with Crippen LogP contribution in [0.4, 0.5) is 0 Å². The van der Waals surface area contributed by atoms with E-state index in [0.29, 0.717) is 13.2 Å². The number of hydrogen-bond donors (Lipinski definition) is 2. The van der Waals surface area contributed by atoms with Crippen molar-refractivity contribution < 1.29 is 14.6 Å². The van der Waals surface area contributed by atoms with Crippen molar-refractivity contribution in [1.82, 2.24) is 10.2 Å². The third-order valence-electron chi connectivity index (χ3n) is 3.17. The highest BCUT2D eigenvalue weighted by Gasteiger charge is 2.22. The molecule has 1 aliphatic heterocycles. The number of nitrogens with one attached hydrogen (secondary N) is 1. The zero-order valence-electron chi connectivity index (χ0n) is 12.6. The minimum absolute atomic E-state index is 0.0389. The zero-order valence-corrected chi connectivity index (χ0v) is 12.6. The predicted molar refractivity (Wildman–Crippen MR) is 75.0 cm³/mol. The summed E-state index contributed by atoms with van der Waals surface area (Å²) in [4.78, 5) is 13.2. The van der Waals surface area contributed by atoms with Crippen molar-refractivity contribution in [2.24, 2.45) is 0 Å². The van der Waals surface area contributed by atoms with Crippen LogP contribution in [-0.2, 0) is 9.53 Å². The maximum Gasteiger partial charge on any atom is 0.217 e. The molecule has 5 heteroatoms. The van der Waals surface area contributed by atoms with Gasteiger partial charge in [0, 0.05) is 32.6 Å². The van der Waals surface area contributed by atoms with E-state index < -0.39 is 6.10 Å². The van der Waals surface area contributed by atoms with Crippen molar-refractivity contribution in [1.29, 1.82) is 0 Å². The molecule has 0 aromatic carbocycles. The fourth-order valence-electron chi connectivity index (χ4n) is 2.24. The van der Waals surface area contributed by atoms with Gasteiger partial charge in [0.1, 0.15) is 0 Å². The van der Waals surface area contributed by atoms with E-state index in [4.69, 9.17) is 4.74 Å². The monoisotopic (exact) mass is 272 g/mol. The molecule has 0 aromatic rings. The summed E-state index contributed by atoms with van der Waals surface area (Å²) in [5, 5.41) is 12.9. The topological polar surface area (TPSA) is 61.8 Å². The number of β-amino-alcohol motifs (C(OH)–C–C–N with tert-alkyl or cyclic N) is 1. The van der Waals surface area contributed by atoms with Crippen LogP contribution in [0.5, 0.6) is 0 Å². The van der Waals surface area contributed by atoms with Crippen LogP contribution in [0.15, 0.2) is 0 Å². The van der Waals surface area contributed by atoms with E-state index in [-0.39, 0.29) is 17.6 Å². The van der Waals surface area contributed by atoms with E-state index in [2.05, 4.69) is 10.2 Å². The van der Waals surface area contributed by atoms with Crippen molar-refractivity contribution in [3.05, 3.63) is 0 Å². The lowest BCUT2D eigenvalue weighted by Crippen LogP contribution is -2.46. The number of carbonyl (C=O) groups excluding carboxylic acids is 1. The average Bonchev–Trinajstić information content (AvgIpc) is 2.28. The highest BCUT2D eigenvalue weighted by molar-refractivity contribution is 5.73. The lowest BCUT2D eigenvalue weighted by atomic mass is 10.0. The van der Waals surface area contributed by atoms with Gasteiger partial charge >= 0.3 is 0 Å². The molecular formula is C14H28N2O3. The molecule has 112 valence electrons. The first kappa shape index (κ1) is 16.4. The fourth-order valence-corrected chi connectivity index (χ4v) is 2.24. The van der Waals surface area contributed by atoms with Crippen LogP contribution < -0.4 is 5.32 Å². The molecule has 1 amide bonds. The van der Waals surface area contributed by atoms with Crippen LogP contribution in [0.1, 0.15) is 40.5 Å². The van der Waals surface area contributed by atoms with Crippen molar-refractivity contribution in [3.63, 3.8) is 0 Å². The van der Waals surface area contributed by atoms with Crippen LogP contribution in [-0.4, -0.2) is 59.9 Å². The van der Waals surface area contributed by atoms with Crippen LogP contribution in [0.25, 0.3) is 0 Å². The van der Waals surface area contributed by atoms with Crippen molar-refractivity contribution in [3.8, 4) is 0 Å². The molecule has 5 nitrogen and oxygen atoms in total. The first-order chi connectivity index (χ1) is 8.76. The molecule has 1 rings (SSSR count). The second kappa shape index (κ2) is 7.22. The van der Waals surface area contributed by atoms with E-state index in [0.717, 1.165) is 25.9 Å². The first-order valence-electron chi connectivity index (χ1n) is 7.08. The summed E-state index contributed by atoms with van der Waals surface area (Å²) in [6.07, 6.45) is 1.45. The Morgan fingerprint density at radius 2 is 2.00 bits per heavy atom. The molecule has 1 heterocycles. The molecule has 0 bridgehead atoms. The molecule has 19 heavy (non-hydrogen) atoms. The Balaban J connectivity index is 2.19. The summed E-state index contributed by atoms with van der Waals surface area (Å²) in [6.45, 7) is 10.4. The van der Waals surface area contributed by atoms with Gasteiger partial charge in [-0.3, -0.25) is 4.79 Å². The second-order valence-corrected chi connectivity index (χ2v) is 6.35. The highest BCUT2D eigenvalue weighted by atomic mass is 16.5. The van der Waals surface area contributed by atoms with Gasteiger partial charge in [0.2, 0.25) is 5.91 Å². The van der Waals surface area contributed by atoms with Crippen molar-refractivity contribution >= 4 is 5.91 Å². The number of carbonyl (C=O) groups is 1. The molecule has 0 saturated carbocycles. The summed E-state index contributed by atoms with van der Waals surface area (Å²) in [5.41, 5.74) is -0.209. The number of aliphatic hydroxyl groups is 1. The maximum absolute atomic E-state index is 11.0. The number of rotatable bonds is 5. The van der Waals surface area contributed by atoms with Gasteiger partial charge in [-0.25, -0.2) is 0 Å². The van der Waals surface area contributed by atoms with Gasteiger partial charge in [-0.05, 0) is 33.6 Å². The molecule has 1 atom stereocenters. The quantitative estimate of drug-likeness (QED) is 0.776.